The van der Waals surface area contributed by atoms with Crippen molar-refractivity contribution in [1.82, 2.24) is 0 Å². The summed E-state index contributed by atoms with van der Waals surface area (Å²) in [4.78, 5) is 0. The Morgan fingerprint density at radius 3 is 1.16 bits per heavy atom. The van der Waals surface area contributed by atoms with Crippen molar-refractivity contribution in [3.63, 3.8) is 0 Å². The number of hydrogen-bond acceptors (Lipinski definition) is 9. The third kappa shape index (κ3) is 6.06. The van der Waals surface area contributed by atoms with Gasteiger partial charge in [-0.15, -0.1) is 0 Å². The Morgan fingerprint density at radius 2 is 0.778 bits per heavy atom. The Labute approximate surface area is 364 Å². The summed E-state index contributed by atoms with van der Waals surface area (Å²) in [6.07, 6.45) is 0. The van der Waals surface area contributed by atoms with Gasteiger partial charge >= 0.3 is 0 Å². The highest BCUT2D eigenvalue weighted by Crippen LogP contribution is 2.71. The van der Waals surface area contributed by atoms with Crippen molar-refractivity contribution in [2.45, 2.75) is 24.2 Å². The summed E-state index contributed by atoms with van der Waals surface area (Å²) in [5.74, 6) is 1.04. The molecular formula is C52H40O9P2. The zero-order valence-corrected chi connectivity index (χ0v) is 35.8. The predicted octanol–water partition coefficient (Wildman–Crippen LogP) is 12.2. The average Bonchev–Trinajstić information content (AvgIpc) is 3.29. The molecular weight excluding hydrogens is 831 g/mol. The molecule has 9 nitrogen and oxygen atoms in total. The molecule has 0 amide bonds. The van der Waals surface area contributed by atoms with Crippen LogP contribution in [0.25, 0.3) is 22.3 Å². The van der Waals surface area contributed by atoms with Crippen LogP contribution >= 0.6 is 14.7 Å². The van der Waals surface area contributed by atoms with Gasteiger partial charge in [0.15, 0.2) is 0 Å². The van der Waals surface area contributed by atoms with Gasteiger partial charge in [-0.1, -0.05) is 109 Å². The Balaban J connectivity index is 1.03. The molecule has 0 bridgehead atoms. The first-order valence-corrected chi connectivity index (χ1v) is 23.5. The fourth-order valence-electron chi connectivity index (χ4n) is 9.16. The van der Waals surface area contributed by atoms with E-state index in [1.807, 2.05) is 72.8 Å². The van der Waals surface area contributed by atoms with Gasteiger partial charge in [0, 0.05) is 34.4 Å². The van der Waals surface area contributed by atoms with Crippen LogP contribution in [0.1, 0.15) is 36.1 Å². The number of aromatic hydroxyl groups is 4. The third-order valence-corrected chi connectivity index (χ3v) is 18.8. The van der Waals surface area contributed by atoms with E-state index in [1.165, 1.54) is 24.3 Å². The van der Waals surface area contributed by atoms with E-state index in [-0.39, 0.29) is 23.0 Å². The van der Waals surface area contributed by atoms with Crippen molar-refractivity contribution in [3.05, 3.63) is 204 Å². The van der Waals surface area contributed by atoms with Crippen molar-refractivity contribution in [2.24, 2.45) is 0 Å². The SMILES string of the molecule is CC(c1ccc(Oc2ccc(C(C)(c3ccc(O)cc3O)P3(=O)Oc4ccccc4-c4ccccc43)cc2)cc1)(c1ccc(O)cc1O)P1(=O)Oc2ccccc2-c2ccccc21. The number of ether oxygens (including phenoxy) is 1. The lowest BCUT2D eigenvalue weighted by atomic mass is 9.91. The van der Waals surface area contributed by atoms with Crippen LogP contribution in [-0.4, -0.2) is 20.4 Å². The third-order valence-electron chi connectivity index (χ3n) is 12.5. The first kappa shape index (κ1) is 39.9. The predicted molar refractivity (Wildman–Crippen MR) is 245 cm³/mol. The molecule has 8 aromatic rings. The minimum Gasteiger partial charge on any atom is -0.508 e. The van der Waals surface area contributed by atoms with E-state index in [0.29, 0.717) is 55.9 Å². The minimum atomic E-state index is -3.98. The highest BCUT2D eigenvalue weighted by atomic mass is 31.2. The highest BCUT2D eigenvalue weighted by molar-refractivity contribution is 7.69. The number of hydrogen-bond donors (Lipinski definition) is 4. The second-order valence-electron chi connectivity index (χ2n) is 16.0. The van der Waals surface area contributed by atoms with Crippen LogP contribution in [0, 0.1) is 0 Å². The molecule has 0 radical (unpaired) electrons. The number of phenolic OH excluding ortho intramolecular Hbond substituents is 4. The Morgan fingerprint density at radius 1 is 0.429 bits per heavy atom. The Kier molecular flexibility index (Phi) is 9.34. The highest BCUT2D eigenvalue weighted by Gasteiger charge is 2.56. The number of fused-ring (bicyclic) bond motifs is 6. The molecule has 11 heteroatoms. The lowest BCUT2D eigenvalue weighted by molar-refractivity contribution is 0.430. The zero-order valence-electron chi connectivity index (χ0n) is 34.0. The van der Waals surface area contributed by atoms with E-state index in [1.54, 1.807) is 98.8 Å². The van der Waals surface area contributed by atoms with E-state index in [9.17, 15) is 20.4 Å². The number of para-hydroxylation sites is 2. The fourth-order valence-corrected chi connectivity index (χ4v) is 15.1. The summed E-state index contributed by atoms with van der Waals surface area (Å²) in [5, 5.41) is 41.4. The van der Waals surface area contributed by atoms with Crippen molar-refractivity contribution in [1.29, 1.82) is 0 Å². The van der Waals surface area contributed by atoms with E-state index in [4.69, 9.17) is 13.8 Å². The zero-order chi connectivity index (χ0) is 43.7. The van der Waals surface area contributed by atoms with Crippen molar-refractivity contribution in [2.75, 3.05) is 0 Å². The van der Waals surface area contributed by atoms with Crippen LogP contribution in [0.4, 0.5) is 0 Å². The van der Waals surface area contributed by atoms with Crippen LogP contribution < -0.4 is 24.4 Å². The van der Waals surface area contributed by atoms with Gasteiger partial charge in [0.25, 0.3) is 14.7 Å². The van der Waals surface area contributed by atoms with Crippen LogP contribution in [-0.2, 0) is 19.4 Å². The van der Waals surface area contributed by atoms with Gasteiger partial charge in [0.1, 0.15) is 56.3 Å². The first-order chi connectivity index (χ1) is 30.3. The second kappa shape index (κ2) is 14.7. The fraction of sp³-hybridized carbons (Fsp3) is 0.0769. The Bertz CT molecular complexity index is 2990. The van der Waals surface area contributed by atoms with Gasteiger partial charge in [0.2, 0.25) is 0 Å². The maximum Gasteiger partial charge on any atom is 0.292 e. The van der Waals surface area contributed by atoms with Crippen LogP contribution in [0.3, 0.4) is 0 Å². The lowest BCUT2D eigenvalue weighted by Gasteiger charge is -2.41. The van der Waals surface area contributed by atoms with Gasteiger partial charge in [-0.2, -0.15) is 0 Å². The van der Waals surface area contributed by atoms with E-state index in [2.05, 4.69) is 0 Å². The minimum absolute atomic E-state index is 0.143. The van der Waals surface area contributed by atoms with E-state index < -0.39 is 25.0 Å². The van der Waals surface area contributed by atoms with Crippen LogP contribution in [0.2, 0.25) is 0 Å². The van der Waals surface area contributed by atoms with Crippen molar-refractivity contribution >= 4 is 25.3 Å². The van der Waals surface area contributed by atoms with Crippen molar-refractivity contribution in [3.8, 4) is 68.2 Å². The van der Waals surface area contributed by atoms with Crippen LogP contribution in [0.15, 0.2) is 182 Å². The molecule has 4 unspecified atom stereocenters. The molecule has 4 N–H and O–H groups in total. The maximum atomic E-state index is 15.9. The Hall–Kier alpha value is -7.18. The molecule has 2 aliphatic rings. The molecule has 312 valence electrons. The monoisotopic (exact) mass is 870 g/mol. The van der Waals surface area contributed by atoms with Gasteiger partial charge < -0.3 is 34.2 Å². The summed E-state index contributed by atoms with van der Waals surface area (Å²) in [5.41, 5.74) is 4.87. The molecule has 10 rings (SSSR count). The van der Waals surface area contributed by atoms with Crippen LogP contribution in [0.5, 0.6) is 46.0 Å². The summed E-state index contributed by atoms with van der Waals surface area (Å²) >= 11 is 0. The molecule has 0 spiro atoms. The molecule has 4 atom stereocenters. The molecule has 2 aliphatic heterocycles. The molecule has 0 saturated carbocycles. The first-order valence-electron chi connectivity index (χ1n) is 20.3. The average molecular weight is 871 g/mol. The molecule has 0 fully saturated rings. The quantitative estimate of drug-likeness (QED) is 0.110. The summed E-state index contributed by atoms with van der Waals surface area (Å²) in [7, 11) is -7.96. The lowest BCUT2D eigenvalue weighted by Crippen LogP contribution is -2.34. The topological polar surface area (TPSA) is 143 Å². The maximum absolute atomic E-state index is 15.9. The molecule has 0 aliphatic carbocycles. The smallest absolute Gasteiger partial charge is 0.292 e. The summed E-state index contributed by atoms with van der Waals surface area (Å²) in [6.45, 7) is 3.56. The number of benzene rings is 8. The van der Waals surface area contributed by atoms with E-state index >= 15 is 9.13 Å². The van der Waals surface area contributed by atoms with Gasteiger partial charge in [0.05, 0.1) is 10.6 Å². The molecule has 0 aromatic heterocycles. The van der Waals surface area contributed by atoms with Crippen molar-refractivity contribution < 1.29 is 43.3 Å². The molecule has 63 heavy (non-hydrogen) atoms. The van der Waals surface area contributed by atoms with Gasteiger partial charge in [-0.05, 0) is 96.8 Å². The number of phenols is 4. The summed E-state index contributed by atoms with van der Waals surface area (Å²) < 4.78 is 51.4. The largest absolute Gasteiger partial charge is 0.508 e. The van der Waals surface area contributed by atoms with Gasteiger partial charge in [-0.3, -0.25) is 9.13 Å². The molecule has 8 aromatic carbocycles. The summed E-state index contributed by atoms with van der Waals surface area (Å²) in [6, 6.07) is 52.3. The second-order valence-corrected chi connectivity index (χ2v) is 21.3. The normalized spacial score (nSPS) is 19.0. The van der Waals surface area contributed by atoms with E-state index in [0.717, 1.165) is 22.3 Å². The standard InChI is InChI=1S/C52H40O9P2/c1-51(43-29-23-35(53)31-45(43)55,62(57)49-17-9-5-13-41(49)39-11-3-7-15-47(39)60-62)33-19-25-37(26-20-33)59-38-27-21-34(22-28-38)52(2,44-30-24-36(54)32-46(44)56)63(58)50-18-10-6-14-42(50)40-12-4-8-16-48(40)61-63/h3-32,53-56H,1-2H3. The number of rotatable bonds is 8. The molecule has 0 saturated heterocycles. The van der Waals surface area contributed by atoms with Gasteiger partial charge in [-0.25, -0.2) is 0 Å². The molecule has 2 heterocycles.